The molecule has 0 aromatic carbocycles. The first-order valence-corrected chi connectivity index (χ1v) is 23.1. The zero-order valence-corrected chi connectivity index (χ0v) is 52.8. The van der Waals surface area contributed by atoms with Crippen molar-refractivity contribution in [1.29, 1.82) is 0 Å². The van der Waals surface area contributed by atoms with Crippen LogP contribution in [0.1, 0.15) is 0 Å². The monoisotopic (exact) mass is 1760 g/mol. The first-order valence-electron chi connectivity index (χ1n) is 4.64. The van der Waals surface area contributed by atoms with Crippen molar-refractivity contribution in [3.63, 3.8) is 0 Å². The van der Waals surface area contributed by atoms with Gasteiger partial charge in [-0.05, 0) is 0 Å². The molecule has 24 nitrogen and oxygen atoms in total. The fourth-order valence-corrected chi connectivity index (χ4v) is 0. The minimum Gasteiger partial charge on any atom is 2.00 e. The zero-order valence-electron chi connectivity index (χ0n) is 17.2. The molecule has 0 spiro atoms. The predicted octanol–water partition coefficient (Wildman–Crippen LogP) is -16.9. The molecule has 0 rings (SSSR count). The van der Waals surface area contributed by atoms with Crippen molar-refractivity contribution in [3.05, 3.63) is 0 Å². The topological polar surface area (TPSA) is 482 Å². The molecule has 0 amide bonds. The Kier molecular flexibility index (Phi) is 203. The standard InChI is InChI=1S/4Nb.24O.3Pb.4Ti.3Zn/q;;;;;;;;;;;;;;;;12*-1;3*+2;;;;;3*+2. The third-order valence-electron chi connectivity index (χ3n) is 0. The summed E-state index contributed by atoms with van der Waals surface area (Å²) in [5.41, 5.74) is 0. The van der Waals surface area contributed by atoms with Crippen LogP contribution in [0, 0.1) is 0 Å². The van der Waals surface area contributed by atoms with E-state index in [-0.39, 0.29) is 140 Å². The maximum atomic E-state index is 8.60. The van der Waals surface area contributed by atoms with Gasteiger partial charge in [0.2, 0.25) is 0 Å². The van der Waals surface area contributed by atoms with E-state index in [1.165, 1.54) is 0 Å². The van der Waals surface area contributed by atoms with Gasteiger partial charge in [-0.15, -0.1) is 0 Å². The summed E-state index contributed by atoms with van der Waals surface area (Å²) in [6.07, 6.45) is 0. The van der Waals surface area contributed by atoms with E-state index >= 15 is 0 Å². The molecule has 0 aliphatic heterocycles. The van der Waals surface area contributed by atoms with Crippen LogP contribution in [0.4, 0.5) is 0 Å². The molecule has 198 valence electrons. The van der Waals surface area contributed by atoms with E-state index in [9.17, 15) is 0 Å². The second-order valence-corrected chi connectivity index (χ2v) is 9.41. The Morgan fingerprint density at radius 3 is 0.316 bits per heavy atom. The molecule has 0 unspecified atom stereocenters. The molecule has 0 N–H and O–H groups in total. The predicted molar refractivity (Wildman–Crippen MR) is 25.5 cm³/mol. The van der Waals surface area contributed by atoms with Crippen molar-refractivity contribution in [2.45, 2.75) is 0 Å². The van der Waals surface area contributed by atoms with Gasteiger partial charge in [-0.2, -0.15) is 0 Å². The molecule has 0 aliphatic rings. The smallest absolute Gasteiger partial charge is 2.00 e. The molecule has 0 aromatic heterocycles. The average molecular weight is 1760 g/mol. The van der Waals surface area contributed by atoms with Crippen molar-refractivity contribution in [3.8, 4) is 0 Å². The summed E-state index contributed by atoms with van der Waals surface area (Å²) >= 11 is -33.1. The van der Waals surface area contributed by atoms with Gasteiger partial charge < -0.3 is 0 Å². The van der Waals surface area contributed by atoms with Crippen LogP contribution in [0.3, 0.4) is 0 Å². The van der Waals surface area contributed by atoms with Crippen molar-refractivity contribution < 1.29 is 291 Å². The zero-order chi connectivity index (χ0) is 28.6. The third-order valence-corrected chi connectivity index (χ3v) is 0. The fourth-order valence-electron chi connectivity index (χ4n) is 0. The molecule has 0 bridgehead atoms. The molecule has 6 radical (unpaired) electrons. The van der Waals surface area contributed by atoms with Crippen LogP contribution < -0.4 is 44.0 Å². The van der Waals surface area contributed by atoms with Gasteiger partial charge in [-0.1, -0.05) is 0 Å². The van der Waals surface area contributed by atoms with Gasteiger partial charge in [0.15, 0.2) is 0 Å². The van der Waals surface area contributed by atoms with E-state index in [1.54, 1.807) is 0 Å². The summed E-state index contributed by atoms with van der Waals surface area (Å²) < 4.78 is 206. The number of hydrogen-bond acceptors (Lipinski definition) is 24. The average Bonchev–Trinajstić information content (AvgIpc) is 2.30. The summed E-state index contributed by atoms with van der Waals surface area (Å²) in [6, 6.07) is 0. The van der Waals surface area contributed by atoms with E-state index in [4.69, 9.17) is 83.3 Å². The Labute approximate surface area is 364 Å². The maximum Gasteiger partial charge on any atom is 2.00 e. The van der Waals surface area contributed by atoms with Crippen LogP contribution in [0.2, 0.25) is 0 Å². The molecular weight excluding hydrogens is 1760 g/mol. The first-order chi connectivity index (χ1) is 13.9. The fraction of sp³-hybridized carbons (Fsp3) is 0. The summed E-state index contributed by atoms with van der Waals surface area (Å²) in [4.78, 5) is 0. The normalized spacial score (nSPS) is 5.37. The second-order valence-electron chi connectivity index (χ2n) is 1.89. The van der Waals surface area contributed by atoms with E-state index in [2.05, 4.69) is 0 Å². The van der Waals surface area contributed by atoms with E-state index in [0.717, 1.165) is 0 Å². The van der Waals surface area contributed by atoms with Crippen LogP contribution in [0.15, 0.2) is 0 Å². The molecule has 0 saturated carbocycles. The van der Waals surface area contributed by atoms with Crippen molar-refractivity contribution in [2.75, 3.05) is 0 Å². The molecule has 0 atom stereocenters. The number of hydrogen-bond donors (Lipinski definition) is 0. The molecule has 0 heterocycles. The van der Waals surface area contributed by atoms with Gasteiger partial charge in [-0.3, -0.25) is 0 Å². The quantitative estimate of drug-likeness (QED) is 0.203. The summed E-state index contributed by atoms with van der Waals surface area (Å²) in [6.45, 7) is 0. The van der Waals surface area contributed by atoms with E-state index < -0.39 is 150 Å². The third kappa shape index (κ3) is 1380. The molecular formula is Nb4O24Pb3Ti4Zn3. The summed E-state index contributed by atoms with van der Waals surface area (Å²) in [5.74, 6) is 0. The molecule has 38 heavy (non-hydrogen) atoms. The Bertz CT molecular complexity index is 600. The maximum absolute atomic E-state index is 8.60. The van der Waals surface area contributed by atoms with Crippen LogP contribution in [-0.2, 0) is 247 Å². The van der Waals surface area contributed by atoms with Gasteiger partial charge in [-0.25, -0.2) is 0 Å². The minimum atomic E-state index is -4.20. The van der Waals surface area contributed by atoms with E-state index in [1.807, 2.05) is 0 Å². The van der Waals surface area contributed by atoms with Crippen LogP contribution in [-0.4, -0.2) is 81.9 Å². The Hall–Kier alpha value is 7.57. The van der Waals surface area contributed by atoms with Gasteiger partial charge in [0.05, 0.1) is 0 Å². The SMILES string of the molecule is [O]=[Nb](=[O])[O-].[O]=[Nb](=[O])[O-].[O]=[Nb](=[O])[O-].[O]=[Nb](=[O])[O-].[O]=[Ti]([O-])[O-].[O]=[Ti]([O-])[O-].[O]=[Ti]([O-])[O-].[O]=[Ti]([O-])[O-].[Pb+2].[Pb+2].[Pb+2].[Zn+2].[Zn+2].[Zn+2]. The molecule has 0 aliphatic carbocycles. The van der Waals surface area contributed by atoms with Gasteiger partial charge in [0.25, 0.3) is 0 Å². The van der Waals surface area contributed by atoms with Gasteiger partial charge in [0.1, 0.15) is 0 Å². The van der Waals surface area contributed by atoms with Crippen molar-refractivity contribution >= 4 is 81.9 Å². The Morgan fingerprint density at radius 1 is 0.316 bits per heavy atom. The summed E-state index contributed by atoms with van der Waals surface area (Å²) in [5, 5.41) is 0. The minimum absolute atomic E-state index is 0. The largest absolute Gasteiger partial charge is 2.00 e. The van der Waals surface area contributed by atoms with E-state index in [0.29, 0.717) is 0 Å². The Balaban J connectivity index is -0.0000000141. The van der Waals surface area contributed by atoms with Gasteiger partial charge >= 0.3 is 373 Å². The molecule has 38 heteroatoms. The molecule has 0 aromatic rings. The van der Waals surface area contributed by atoms with Gasteiger partial charge in [0, 0.05) is 0 Å². The van der Waals surface area contributed by atoms with Crippen LogP contribution in [0.25, 0.3) is 0 Å². The second kappa shape index (κ2) is 84.9. The molecule has 0 fully saturated rings. The van der Waals surface area contributed by atoms with Crippen molar-refractivity contribution in [2.24, 2.45) is 0 Å². The number of rotatable bonds is 0. The molecule has 0 saturated heterocycles. The Morgan fingerprint density at radius 2 is 0.316 bits per heavy atom. The van der Waals surface area contributed by atoms with Crippen LogP contribution in [0.5, 0.6) is 0 Å². The summed E-state index contributed by atoms with van der Waals surface area (Å²) in [7, 11) is 0. The van der Waals surface area contributed by atoms with Crippen LogP contribution >= 0.6 is 0 Å². The first kappa shape index (κ1) is 90.8. The van der Waals surface area contributed by atoms with Crippen molar-refractivity contribution in [1.82, 2.24) is 0 Å².